The van der Waals surface area contributed by atoms with Crippen LogP contribution in [0.1, 0.15) is 0 Å². The zero-order valence-electron chi connectivity index (χ0n) is 26.1. The molecule has 0 spiro atoms. The molecule has 9 aromatic rings. The van der Waals surface area contributed by atoms with Crippen LogP contribution in [-0.2, 0) is 0 Å². The van der Waals surface area contributed by atoms with E-state index in [2.05, 4.69) is 157 Å². The van der Waals surface area contributed by atoms with Gasteiger partial charge in [-0.05, 0) is 81.4 Å². The molecule has 0 aliphatic rings. The Balaban J connectivity index is 1.30. The first-order chi connectivity index (χ1) is 23.8. The van der Waals surface area contributed by atoms with E-state index in [1.165, 1.54) is 16.7 Å². The Labute approximate surface area is 279 Å². The number of benzene rings is 8. The predicted molar refractivity (Wildman–Crippen MR) is 200 cm³/mol. The smallest absolute Gasteiger partial charge is 0.227 e. The van der Waals surface area contributed by atoms with Crippen LogP contribution >= 0.6 is 0 Å². The third kappa shape index (κ3) is 4.90. The fraction of sp³-hybridized carbons (Fsp3) is 0. The maximum absolute atomic E-state index is 6.56. The van der Waals surface area contributed by atoms with Gasteiger partial charge in [0.25, 0.3) is 0 Å². The van der Waals surface area contributed by atoms with Crippen molar-refractivity contribution in [3.63, 3.8) is 0 Å². The molecule has 226 valence electrons. The summed E-state index contributed by atoms with van der Waals surface area (Å²) < 4.78 is 6.56. The second kappa shape index (κ2) is 11.7. The van der Waals surface area contributed by atoms with Crippen LogP contribution in [0.4, 0.5) is 17.1 Å². The molecule has 0 amide bonds. The number of oxazole rings is 1. The summed E-state index contributed by atoms with van der Waals surface area (Å²) in [6.45, 7) is 0. The van der Waals surface area contributed by atoms with E-state index in [0.717, 1.165) is 60.8 Å². The first-order valence-electron chi connectivity index (χ1n) is 16.2. The van der Waals surface area contributed by atoms with Crippen LogP contribution in [0.25, 0.3) is 66.4 Å². The molecule has 0 atom stereocenters. The molecule has 3 heteroatoms. The van der Waals surface area contributed by atoms with Crippen molar-refractivity contribution in [1.82, 2.24) is 4.98 Å². The van der Waals surface area contributed by atoms with Crippen molar-refractivity contribution in [2.24, 2.45) is 0 Å². The molecule has 0 radical (unpaired) electrons. The van der Waals surface area contributed by atoms with E-state index in [-0.39, 0.29) is 0 Å². The van der Waals surface area contributed by atoms with E-state index < -0.39 is 0 Å². The van der Waals surface area contributed by atoms with Crippen LogP contribution in [0, 0.1) is 0 Å². The lowest BCUT2D eigenvalue weighted by Crippen LogP contribution is -2.11. The van der Waals surface area contributed by atoms with Gasteiger partial charge in [0.05, 0.1) is 5.69 Å². The molecule has 0 unspecified atom stereocenters. The zero-order chi connectivity index (χ0) is 31.9. The first kappa shape index (κ1) is 27.8. The van der Waals surface area contributed by atoms with Gasteiger partial charge in [0.1, 0.15) is 5.52 Å². The maximum atomic E-state index is 6.56. The van der Waals surface area contributed by atoms with E-state index in [9.17, 15) is 0 Å². The van der Waals surface area contributed by atoms with Crippen LogP contribution < -0.4 is 4.90 Å². The number of fused-ring (bicyclic) bond motifs is 5. The average molecular weight is 615 g/mol. The highest BCUT2D eigenvalue weighted by Gasteiger charge is 2.20. The van der Waals surface area contributed by atoms with Crippen LogP contribution in [0.3, 0.4) is 0 Å². The molecule has 1 heterocycles. The molecular formula is C45H30N2O. The van der Waals surface area contributed by atoms with Crippen molar-refractivity contribution in [3.05, 3.63) is 182 Å². The van der Waals surface area contributed by atoms with Crippen LogP contribution in [0.5, 0.6) is 0 Å². The van der Waals surface area contributed by atoms with Crippen molar-refractivity contribution >= 4 is 49.7 Å². The summed E-state index contributed by atoms with van der Waals surface area (Å²) in [5.74, 6) is 0.627. The third-order valence-corrected chi connectivity index (χ3v) is 9.06. The van der Waals surface area contributed by atoms with Gasteiger partial charge in [0, 0.05) is 27.9 Å². The number of hydrogen-bond donors (Lipinski definition) is 0. The first-order valence-corrected chi connectivity index (χ1v) is 16.2. The van der Waals surface area contributed by atoms with Crippen molar-refractivity contribution < 1.29 is 4.42 Å². The Hall–Kier alpha value is -6.45. The summed E-state index contributed by atoms with van der Waals surface area (Å²) in [4.78, 5) is 7.28. The molecule has 48 heavy (non-hydrogen) atoms. The van der Waals surface area contributed by atoms with Crippen molar-refractivity contribution in [3.8, 4) is 33.7 Å². The molecule has 3 nitrogen and oxygen atoms in total. The average Bonchev–Trinajstić information content (AvgIpc) is 3.61. The standard InChI is InChI=1S/C45H30N2O/c1-4-13-31(14-5-1)36-19-12-20-37(29-36)47(42-22-11-10-21-39(42)32-15-6-2-7-16-32)38-27-25-33-23-24-34-26-28-41-44(43(34)40(33)30-38)48-45(46-41)35-17-8-3-9-18-35/h1-30H. The minimum absolute atomic E-state index is 0.627. The van der Waals surface area contributed by atoms with Gasteiger partial charge in [-0.25, -0.2) is 4.98 Å². The molecule has 8 aromatic carbocycles. The Morgan fingerprint density at radius 2 is 1.04 bits per heavy atom. The molecule has 0 N–H and O–H groups in total. The topological polar surface area (TPSA) is 29.3 Å². The van der Waals surface area contributed by atoms with Gasteiger partial charge in [-0.1, -0.05) is 133 Å². The Morgan fingerprint density at radius 1 is 0.438 bits per heavy atom. The van der Waals surface area contributed by atoms with Crippen LogP contribution in [0.2, 0.25) is 0 Å². The lowest BCUT2D eigenvalue weighted by atomic mass is 9.98. The van der Waals surface area contributed by atoms with Crippen molar-refractivity contribution in [1.29, 1.82) is 0 Å². The summed E-state index contributed by atoms with van der Waals surface area (Å²) in [5, 5.41) is 4.44. The Morgan fingerprint density at radius 3 is 1.83 bits per heavy atom. The molecular weight excluding hydrogens is 585 g/mol. The summed E-state index contributed by atoms with van der Waals surface area (Å²) in [5.41, 5.74) is 10.5. The zero-order valence-corrected chi connectivity index (χ0v) is 26.1. The van der Waals surface area contributed by atoms with E-state index in [1.54, 1.807) is 0 Å². The van der Waals surface area contributed by atoms with Gasteiger partial charge in [-0.15, -0.1) is 0 Å². The van der Waals surface area contributed by atoms with Gasteiger partial charge in [-0.3, -0.25) is 0 Å². The molecule has 0 bridgehead atoms. The lowest BCUT2D eigenvalue weighted by Gasteiger charge is -2.28. The number of hydrogen-bond acceptors (Lipinski definition) is 3. The molecule has 0 fully saturated rings. The normalized spacial score (nSPS) is 11.3. The fourth-order valence-electron chi connectivity index (χ4n) is 6.77. The van der Waals surface area contributed by atoms with Gasteiger partial charge in [0.2, 0.25) is 5.89 Å². The second-order valence-corrected chi connectivity index (χ2v) is 12.0. The van der Waals surface area contributed by atoms with Crippen molar-refractivity contribution in [2.75, 3.05) is 4.90 Å². The monoisotopic (exact) mass is 614 g/mol. The minimum atomic E-state index is 0.627. The summed E-state index contributed by atoms with van der Waals surface area (Å²) in [6.07, 6.45) is 0. The predicted octanol–water partition coefficient (Wildman–Crippen LogP) is 12.6. The molecule has 0 saturated heterocycles. The largest absolute Gasteiger partial charge is 0.435 e. The Kier molecular flexibility index (Phi) is 6.80. The highest BCUT2D eigenvalue weighted by atomic mass is 16.3. The highest BCUT2D eigenvalue weighted by molar-refractivity contribution is 6.18. The van der Waals surface area contributed by atoms with Gasteiger partial charge >= 0.3 is 0 Å². The third-order valence-electron chi connectivity index (χ3n) is 9.06. The minimum Gasteiger partial charge on any atom is -0.435 e. The van der Waals surface area contributed by atoms with Gasteiger partial charge in [-0.2, -0.15) is 0 Å². The number of para-hydroxylation sites is 1. The number of anilines is 3. The number of nitrogens with zero attached hydrogens (tertiary/aromatic N) is 2. The van der Waals surface area contributed by atoms with Crippen molar-refractivity contribution in [2.45, 2.75) is 0 Å². The Bertz CT molecular complexity index is 2560. The summed E-state index contributed by atoms with van der Waals surface area (Å²) in [7, 11) is 0. The lowest BCUT2D eigenvalue weighted by molar-refractivity contribution is 0.623. The maximum Gasteiger partial charge on any atom is 0.227 e. The summed E-state index contributed by atoms with van der Waals surface area (Å²) >= 11 is 0. The van der Waals surface area contributed by atoms with E-state index in [1.807, 2.05) is 30.3 Å². The SMILES string of the molecule is c1ccc(-c2cccc(N(c3ccc4ccc5ccc6nc(-c7ccccc7)oc6c5c4c3)c3ccccc3-c3ccccc3)c2)cc1. The summed E-state index contributed by atoms with van der Waals surface area (Å²) in [6, 6.07) is 64.1. The molecule has 9 rings (SSSR count). The van der Waals surface area contributed by atoms with E-state index in [4.69, 9.17) is 9.40 Å². The molecule has 0 aliphatic heterocycles. The van der Waals surface area contributed by atoms with Gasteiger partial charge in [0.15, 0.2) is 5.58 Å². The highest BCUT2D eigenvalue weighted by Crippen LogP contribution is 2.44. The van der Waals surface area contributed by atoms with Crippen LogP contribution in [0.15, 0.2) is 186 Å². The van der Waals surface area contributed by atoms with Crippen LogP contribution in [-0.4, -0.2) is 4.98 Å². The quantitative estimate of drug-likeness (QED) is 0.175. The van der Waals surface area contributed by atoms with E-state index in [0.29, 0.717) is 5.89 Å². The van der Waals surface area contributed by atoms with E-state index >= 15 is 0 Å². The fourth-order valence-corrected chi connectivity index (χ4v) is 6.77. The second-order valence-electron chi connectivity index (χ2n) is 12.0. The number of rotatable bonds is 6. The van der Waals surface area contributed by atoms with Gasteiger partial charge < -0.3 is 9.32 Å². The number of aromatic nitrogens is 1. The molecule has 0 saturated carbocycles. The molecule has 0 aliphatic carbocycles. The molecule has 1 aromatic heterocycles.